The smallest absolute Gasteiger partial charge is 0.327 e. The highest BCUT2D eigenvalue weighted by Crippen LogP contribution is 2.11. The van der Waals surface area contributed by atoms with Gasteiger partial charge in [0.25, 0.3) is 0 Å². The van der Waals surface area contributed by atoms with Crippen molar-refractivity contribution in [1.82, 2.24) is 52.5 Å². The average Bonchev–Trinajstić information content (AvgIpc) is 3.93. The third-order valence-electron chi connectivity index (χ3n) is 11.3. The van der Waals surface area contributed by atoms with E-state index in [-0.39, 0.29) is 56.1 Å². The number of aromatic nitrogens is 2. The van der Waals surface area contributed by atoms with Gasteiger partial charge in [-0.25, -0.2) is 9.78 Å². The van der Waals surface area contributed by atoms with E-state index in [9.17, 15) is 68.4 Å². The second-order valence-electron chi connectivity index (χ2n) is 17.2. The van der Waals surface area contributed by atoms with Crippen molar-refractivity contribution in [1.29, 1.82) is 0 Å². The van der Waals surface area contributed by atoms with Crippen LogP contribution in [0.3, 0.4) is 0 Å². The molecule has 9 atom stereocenters. The maximum absolute atomic E-state index is 14.6. The molecule has 420 valence electrons. The number of carbonyl (C=O) groups excluding carboxylic acids is 8. The summed E-state index contributed by atoms with van der Waals surface area (Å²) >= 11 is 7.88. The van der Waals surface area contributed by atoms with Crippen LogP contribution in [0.25, 0.3) is 0 Å². The Bertz CT molecular complexity index is 2470. The molecule has 0 saturated carbocycles. The van der Waals surface area contributed by atoms with Gasteiger partial charge in [-0.05, 0) is 30.4 Å². The van der Waals surface area contributed by atoms with Crippen LogP contribution in [0, 0.1) is 0 Å². The fourth-order valence-electron chi connectivity index (χ4n) is 7.09. The Morgan fingerprint density at radius 3 is 1.35 bits per heavy atom. The van der Waals surface area contributed by atoms with E-state index in [1.165, 1.54) is 12.5 Å². The van der Waals surface area contributed by atoms with E-state index in [0.717, 1.165) is 0 Å². The van der Waals surface area contributed by atoms with Gasteiger partial charge in [0.05, 0.1) is 25.6 Å². The van der Waals surface area contributed by atoms with Gasteiger partial charge in [-0.2, -0.15) is 25.3 Å². The molecule has 77 heavy (non-hydrogen) atoms. The number of carboxylic acids is 2. The second kappa shape index (κ2) is 33.3. The van der Waals surface area contributed by atoms with Crippen LogP contribution in [0.4, 0.5) is 0 Å². The number of benzene rings is 2. The number of H-pyrrole nitrogens is 1. The van der Waals surface area contributed by atoms with Gasteiger partial charge in [0.1, 0.15) is 48.3 Å². The number of hydrogen-bond donors (Lipinski definition) is 18. The predicted octanol–water partition coefficient (Wildman–Crippen LogP) is -5.51. The third-order valence-corrected chi connectivity index (χ3v) is 12.0. The van der Waals surface area contributed by atoms with Crippen molar-refractivity contribution in [2.45, 2.75) is 99.3 Å². The van der Waals surface area contributed by atoms with Gasteiger partial charge < -0.3 is 85.1 Å². The molecule has 1 aromatic heterocycles. The number of thiol groups is 2. The predicted molar refractivity (Wildman–Crippen MR) is 282 cm³/mol. The molecule has 0 aliphatic rings. The molecule has 0 fully saturated rings. The number of imidazole rings is 1. The molecule has 0 saturated heterocycles. The molecule has 3 aromatic rings. The zero-order valence-corrected chi connectivity index (χ0v) is 43.3. The van der Waals surface area contributed by atoms with Crippen LogP contribution < -0.4 is 59.7 Å². The molecular weight excluding hydrogens is 1050 g/mol. The lowest BCUT2D eigenvalue weighted by atomic mass is 10.0. The molecule has 8 amide bonds. The molecule has 3 rings (SSSR count). The summed E-state index contributed by atoms with van der Waals surface area (Å²) in [4.78, 5) is 144. The van der Waals surface area contributed by atoms with E-state index < -0.39 is 140 Å². The first-order valence-electron chi connectivity index (χ1n) is 23.9. The fraction of sp³-hybridized carbons (Fsp3) is 0.447. The number of aliphatic hydroxyl groups is 2. The highest BCUT2D eigenvalue weighted by molar-refractivity contribution is 7.80. The lowest BCUT2D eigenvalue weighted by Crippen LogP contribution is -2.61. The minimum absolute atomic E-state index is 0.0400. The molecule has 0 spiro atoms. The standard InChI is InChI=1S/C47H66N14O14S2/c48-28(22-76)38(66)54-30(13-14-37(64)65)40(68)58-33(18-27-19-51-24-53-27)43(71)57-31(16-25-8-3-1-4-9-25)41(69)56-32(17-26-10-5-2-6-11-26)42(70)60-34(20-62)44(72)55-29(12-7-15-52-47(49)50)39(67)59-35(21-63)45(73)61-36(23-77)46(74)75/h1-6,8-11,19,24,28-36,62-63,76-77H,7,12-18,20-23,48H2,(H,51,53)(H,54,66)(H,55,72)(H,56,69)(H,57,71)(H,58,68)(H,59,67)(H,60,70)(H,61,73)(H,64,65)(H,74,75)(H4,49,50,52)/t28-,29-,30-,31-,32-,33-,34-,35-,36-/m0/s1. The molecule has 0 radical (unpaired) electrons. The van der Waals surface area contributed by atoms with Gasteiger partial charge >= 0.3 is 11.9 Å². The van der Waals surface area contributed by atoms with Crippen molar-refractivity contribution < 1.29 is 68.4 Å². The van der Waals surface area contributed by atoms with Crippen LogP contribution in [0.15, 0.2) is 78.2 Å². The summed E-state index contributed by atoms with van der Waals surface area (Å²) < 4.78 is 0. The number of nitrogens with one attached hydrogen (secondary N) is 9. The number of aromatic amines is 1. The molecule has 0 aliphatic carbocycles. The Kier molecular flexibility index (Phi) is 27.4. The number of aliphatic imine (C=N–C) groups is 1. The summed E-state index contributed by atoms with van der Waals surface area (Å²) in [6.45, 7) is -2.10. The molecule has 19 N–H and O–H groups in total. The van der Waals surface area contributed by atoms with Gasteiger partial charge in [0, 0.05) is 55.6 Å². The Hall–Kier alpha value is -7.80. The number of hydrogen-bond acceptors (Lipinski definition) is 17. The van der Waals surface area contributed by atoms with Gasteiger partial charge in [-0.15, -0.1) is 0 Å². The summed E-state index contributed by atoms with van der Waals surface area (Å²) in [7, 11) is 0. The van der Waals surface area contributed by atoms with Crippen molar-refractivity contribution in [3.05, 3.63) is 90.0 Å². The first-order valence-corrected chi connectivity index (χ1v) is 25.1. The number of guanidine groups is 1. The summed E-state index contributed by atoms with van der Waals surface area (Å²) in [5, 5.41) is 58.5. The lowest BCUT2D eigenvalue weighted by Gasteiger charge is -2.28. The highest BCUT2D eigenvalue weighted by Gasteiger charge is 2.35. The third kappa shape index (κ3) is 22.5. The van der Waals surface area contributed by atoms with Gasteiger partial charge in [0.15, 0.2) is 5.96 Å². The molecule has 1 heterocycles. The van der Waals surface area contributed by atoms with Crippen LogP contribution >= 0.6 is 25.3 Å². The monoisotopic (exact) mass is 1110 g/mol. The minimum atomic E-state index is -1.81. The van der Waals surface area contributed by atoms with Crippen LogP contribution in [-0.4, -0.2) is 181 Å². The zero-order chi connectivity index (χ0) is 57.0. The number of nitrogens with zero attached hydrogens (tertiary/aromatic N) is 2. The van der Waals surface area contributed by atoms with Crippen molar-refractivity contribution in [2.24, 2.45) is 22.2 Å². The maximum atomic E-state index is 14.6. The number of aliphatic carboxylic acids is 2. The fourth-order valence-corrected chi connectivity index (χ4v) is 7.51. The number of aliphatic hydroxyl groups excluding tert-OH is 2. The lowest BCUT2D eigenvalue weighted by molar-refractivity contribution is -0.142. The summed E-state index contributed by atoms with van der Waals surface area (Å²) in [6.07, 6.45) is 0.884. The Labute approximate surface area is 452 Å². The molecule has 0 bridgehead atoms. The first-order chi connectivity index (χ1) is 36.7. The quantitative estimate of drug-likeness (QED) is 0.0115. The van der Waals surface area contributed by atoms with Gasteiger partial charge in [-0.1, -0.05) is 60.7 Å². The maximum Gasteiger partial charge on any atom is 0.327 e. The number of carboxylic acid groups (broad SMARTS) is 2. The van der Waals surface area contributed by atoms with Gasteiger partial charge in [0.2, 0.25) is 47.3 Å². The summed E-state index contributed by atoms with van der Waals surface area (Å²) in [5.41, 5.74) is 18.0. The minimum Gasteiger partial charge on any atom is -0.481 e. The first kappa shape index (κ1) is 63.5. The Balaban J connectivity index is 1.96. The summed E-state index contributed by atoms with van der Waals surface area (Å²) in [6, 6.07) is 2.91. The summed E-state index contributed by atoms with van der Waals surface area (Å²) in [5.74, 6) is -11.4. The number of nitrogens with two attached hydrogens (primary N) is 3. The van der Waals surface area contributed by atoms with Crippen molar-refractivity contribution in [3.8, 4) is 0 Å². The molecular formula is C47H66N14O14S2. The van der Waals surface area contributed by atoms with E-state index in [1.807, 2.05) is 0 Å². The molecule has 0 unspecified atom stereocenters. The zero-order valence-electron chi connectivity index (χ0n) is 41.5. The largest absolute Gasteiger partial charge is 0.481 e. The van der Waals surface area contributed by atoms with Crippen molar-refractivity contribution in [2.75, 3.05) is 31.3 Å². The van der Waals surface area contributed by atoms with Crippen molar-refractivity contribution >= 4 is 90.4 Å². The van der Waals surface area contributed by atoms with Gasteiger partial charge in [-0.3, -0.25) is 48.1 Å². The highest BCUT2D eigenvalue weighted by atomic mass is 32.1. The van der Waals surface area contributed by atoms with Crippen molar-refractivity contribution in [3.63, 3.8) is 0 Å². The normalized spacial score (nSPS) is 14.4. The number of carbonyl (C=O) groups is 10. The van der Waals surface area contributed by atoms with E-state index in [0.29, 0.717) is 16.8 Å². The SMILES string of the molecule is NC(N)=NCCC[C@H](NC(=O)[C@H](CO)NC(=O)[C@H](Cc1ccccc1)NC(=O)[C@H](Cc1ccccc1)NC(=O)[C@H](Cc1cnc[nH]1)NC(=O)[C@H](CCC(=O)O)NC(=O)[C@@H](N)CS)C(=O)N[C@@H](CO)C(=O)N[C@@H](CS)C(=O)O. The average molecular weight is 1120 g/mol. The Morgan fingerprint density at radius 1 is 0.545 bits per heavy atom. The molecule has 28 nitrogen and oxygen atoms in total. The molecule has 2 aromatic carbocycles. The van der Waals surface area contributed by atoms with E-state index in [2.05, 4.69) is 82.8 Å². The van der Waals surface area contributed by atoms with Crippen LogP contribution in [0.2, 0.25) is 0 Å². The second-order valence-corrected chi connectivity index (χ2v) is 17.9. The van der Waals surface area contributed by atoms with Crippen LogP contribution in [-0.2, 0) is 67.2 Å². The molecule has 0 aliphatic heterocycles. The Morgan fingerprint density at radius 2 is 0.948 bits per heavy atom. The van der Waals surface area contributed by atoms with Crippen LogP contribution in [0.5, 0.6) is 0 Å². The van der Waals surface area contributed by atoms with E-state index in [4.69, 9.17) is 17.2 Å². The molecule has 30 heteroatoms. The van der Waals surface area contributed by atoms with E-state index >= 15 is 0 Å². The number of amides is 8. The number of rotatable bonds is 34. The van der Waals surface area contributed by atoms with Crippen LogP contribution in [0.1, 0.15) is 42.5 Å². The van der Waals surface area contributed by atoms with E-state index in [1.54, 1.807) is 60.7 Å². The topological polar surface area (TPSA) is 467 Å².